The number of rotatable bonds is 4. The predicted molar refractivity (Wildman–Crippen MR) is 159 cm³/mol. The summed E-state index contributed by atoms with van der Waals surface area (Å²) in [5, 5.41) is 12.9. The monoisotopic (exact) mass is 620 g/mol. The molecule has 0 unspecified atom stereocenters. The Labute approximate surface area is 256 Å². The van der Waals surface area contributed by atoms with Crippen LogP contribution in [0.15, 0.2) is 72.3 Å². The van der Waals surface area contributed by atoms with E-state index >= 15 is 0 Å². The zero-order valence-electron chi connectivity index (χ0n) is 23.1. The molecule has 220 valence electrons. The summed E-state index contributed by atoms with van der Waals surface area (Å²) in [6.07, 6.45) is 2.51. The van der Waals surface area contributed by atoms with Gasteiger partial charge >= 0.3 is 0 Å². The minimum atomic E-state index is -2.11. The average Bonchev–Trinajstić information content (AvgIpc) is 3.32. The Morgan fingerprint density at radius 3 is 2.37 bits per heavy atom. The summed E-state index contributed by atoms with van der Waals surface area (Å²) in [4.78, 5) is 53.8. The topological polar surface area (TPSA) is 95.0 Å². The lowest BCUT2D eigenvalue weighted by atomic mass is 9.56. The SMILES string of the molecule is CCCN1C(=O)[C@H]2[C@H](CC=C3[C@H]2C[C@@]2(Cl)C(=O)N(c4ccc(F)cc4)C(=O)[C@@]2(Cl)[C@H]3c2ccc3ccccc3c2O)C1=O. The van der Waals surface area contributed by atoms with Crippen LogP contribution < -0.4 is 4.90 Å². The number of anilines is 1. The normalized spacial score (nSPS) is 31.8. The number of halogens is 3. The van der Waals surface area contributed by atoms with Crippen molar-refractivity contribution in [1.82, 2.24) is 4.90 Å². The summed E-state index contributed by atoms with van der Waals surface area (Å²) in [5.74, 6) is -6.07. The first-order valence-corrected chi connectivity index (χ1v) is 15.1. The van der Waals surface area contributed by atoms with Crippen molar-refractivity contribution < 1.29 is 28.7 Å². The Bertz CT molecular complexity index is 1780. The fraction of sp³-hybridized carbons (Fsp3) is 0.333. The molecule has 0 spiro atoms. The van der Waals surface area contributed by atoms with E-state index in [1.807, 2.05) is 25.1 Å². The molecule has 43 heavy (non-hydrogen) atoms. The van der Waals surface area contributed by atoms with Gasteiger partial charge in [-0.25, -0.2) is 9.29 Å². The maximum absolute atomic E-state index is 14.4. The molecule has 4 aliphatic rings. The maximum Gasteiger partial charge on any atom is 0.258 e. The lowest BCUT2D eigenvalue weighted by Crippen LogP contribution is -2.60. The third kappa shape index (κ3) is 3.59. The second-order valence-electron chi connectivity index (χ2n) is 11.8. The third-order valence-electron chi connectivity index (χ3n) is 9.68. The number of benzene rings is 3. The molecule has 7 nitrogen and oxygen atoms in total. The molecule has 7 rings (SSSR count). The highest BCUT2D eigenvalue weighted by molar-refractivity contribution is 6.58. The second kappa shape index (κ2) is 9.63. The van der Waals surface area contributed by atoms with E-state index in [-0.39, 0.29) is 48.2 Å². The van der Waals surface area contributed by atoms with Crippen LogP contribution in [0.1, 0.15) is 37.7 Å². The Morgan fingerprint density at radius 2 is 1.65 bits per heavy atom. The standard InChI is InChI=1S/C33H27Cl2FN2O5/c1-2-15-37-28(40)22-14-13-21-24(25(22)29(37)41)16-32(34)30(42)38(19-10-8-18(36)9-11-19)31(43)33(32,35)26(21)23-12-7-17-5-3-4-6-20(17)27(23)39/h3-13,22,24-26,39H,2,14-16H2,1H3/t22-,24+,25-,26+,32+,33-/m0/s1. The van der Waals surface area contributed by atoms with Crippen LogP contribution in [-0.2, 0) is 19.2 Å². The molecule has 3 fully saturated rings. The number of imide groups is 2. The number of fused-ring (bicyclic) bond motifs is 5. The van der Waals surface area contributed by atoms with Crippen molar-refractivity contribution in [3.8, 4) is 5.75 Å². The molecular formula is C33H27Cl2FN2O5. The number of nitrogens with zero attached hydrogens (tertiary/aromatic N) is 2. The molecule has 1 N–H and O–H groups in total. The summed E-state index contributed by atoms with van der Waals surface area (Å²) < 4.78 is 13.8. The van der Waals surface area contributed by atoms with Gasteiger partial charge in [0.25, 0.3) is 11.8 Å². The van der Waals surface area contributed by atoms with E-state index in [4.69, 9.17) is 23.2 Å². The fourth-order valence-corrected chi connectivity index (χ4v) is 8.69. The second-order valence-corrected chi connectivity index (χ2v) is 13.0. The van der Waals surface area contributed by atoms with Gasteiger partial charge in [0.1, 0.15) is 11.6 Å². The fourth-order valence-electron chi connectivity index (χ4n) is 7.76. The van der Waals surface area contributed by atoms with Gasteiger partial charge in [0.05, 0.1) is 17.5 Å². The minimum Gasteiger partial charge on any atom is -0.507 e. The molecule has 2 heterocycles. The van der Waals surface area contributed by atoms with E-state index in [0.717, 1.165) is 22.4 Å². The number of carbonyl (C=O) groups excluding carboxylic acids is 4. The lowest BCUT2D eigenvalue weighted by Gasteiger charge is -2.50. The van der Waals surface area contributed by atoms with Crippen LogP contribution in [0.5, 0.6) is 5.75 Å². The van der Waals surface area contributed by atoms with Gasteiger partial charge in [-0.1, -0.05) is 55.0 Å². The number of amides is 4. The summed E-state index contributed by atoms with van der Waals surface area (Å²) >= 11 is 14.7. The Kier molecular flexibility index (Phi) is 6.28. The van der Waals surface area contributed by atoms with Crippen molar-refractivity contribution in [3.05, 3.63) is 83.7 Å². The summed E-state index contributed by atoms with van der Waals surface area (Å²) in [5.41, 5.74) is 0.987. The van der Waals surface area contributed by atoms with Crippen molar-refractivity contribution in [1.29, 1.82) is 0 Å². The molecule has 2 aliphatic carbocycles. The molecule has 2 aliphatic heterocycles. The number of carbonyl (C=O) groups is 4. The van der Waals surface area contributed by atoms with Crippen molar-refractivity contribution in [2.75, 3.05) is 11.4 Å². The van der Waals surface area contributed by atoms with Crippen molar-refractivity contribution >= 4 is 63.3 Å². The molecule has 0 aromatic heterocycles. The molecule has 3 aromatic carbocycles. The first kappa shape index (κ1) is 28.0. The van der Waals surface area contributed by atoms with Crippen LogP contribution >= 0.6 is 23.2 Å². The largest absolute Gasteiger partial charge is 0.507 e. The van der Waals surface area contributed by atoms with Gasteiger partial charge < -0.3 is 5.11 Å². The first-order valence-electron chi connectivity index (χ1n) is 14.3. The number of likely N-dealkylation sites (tertiary alicyclic amines) is 1. The summed E-state index contributed by atoms with van der Waals surface area (Å²) in [6.45, 7) is 2.16. The first-order chi connectivity index (χ1) is 20.5. The van der Waals surface area contributed by atoms with Crippen molar-refractivity contribution in [2.24, 2.45) is 17.8 Å². The van der Waals surface area contributed by atoms with Crippen LogP contribution in [0.2, 0.25) is 0 Å². The summed E-state index contributed by atoms with van der Waals surface area (Å²) in [7, 11) is 0. The Balaban J connectivity index is 1.46. The van der Waals surface area contributed by atoms with E-state index in [1.54, 1.807) is 24.3 Å². The van der Waals surface area contributed by atoms with Crippen LogP contribution in [0.4, 0.5) is 10.1 Å². The molecule has 3 aromatic rings. The van der Waals surface area contributed by atoms with E-state index in [9.17, 15) is 28.7 Å². The Morgan fingerprint density at radius 1 is 0.930 bits per heavy atom. The molecule has 6 atom stereocenters. The van der Waals surface area contributed by atoms with Crippen molar-refractivity contribution in [2.45, 2.75) is 41.9 Å². The minimum absolute atomic E-state index is 0.100. The highest BCUT2D eigenvalue weighted by Crippen LogP contribution is 2.66. The van der Waals surface area contributed by atoms with Gasteiger partial charge in [0.15, 0.2) is 9.75 Å². The van der Waals surface area contributed by atoms with Gasteiger partial charge in [-0.15, -0.1) is 23.2 Å². The molecule has 0 bridgehead atoms. The maximum atomic E-state index is 14.4. The number of phenols is 1. The van der Waals surface area contributed by atoms with Gasteiger partial charge in [-0.3, -0.25) is 24.1 Å². The zero-order valence-corrected chi connectivity index (χ0v) is 24.6. The lowest BCUT2D eigenvalue weighted by molar-refractivity contribution is -0.140. The molecule has 4 amide bonds. The number of phenolic OH excluding ortho intramolecular Hbond substituents is 1. The Hall–Kier alpha value is -3.75. The molecular weight excluding hydrogens is 594 g/mol. The molecule has 2 saturated heterocycles. The number of alkyl halides is 2. The highest BCUT2D eigenvalue weighted by atomic mass is 35.5. The molecule has 0 radical (unpaired) electrons. The van der Waals surface area contributed by atoms with Crippen LogP contribution in [0, 0.1) is 23.6 Å². The number of allylic oxidation sites excluding steroid dienone is 2. The van der Waals surface area contributed by atoms with Crippen molar-refractivity contribution in [3.63, 3.8) is 0 Å². The number of hydrogen-bond donors (Lipinski definition) is 1. The number of aromatic hydroxyl groups is 1. The van der Waals surface area contributed by atoms with E-state index in [1.165, 1.54) is 17.0 Å². The van der Waals surface area contributed by atoms with E-state index in [2.05, 4.69) is 0 Å². The van der Waals surface area contributed by atoms with Crippen LogP contribution in [-0.4, -0.2) is 49.9 Å². The summed E-state index contributed by atoms with van der Waals surface area (Å²) in [6, 6.07) is 15.5. The number of hydrogen-bond acceptors (Lipinski definition) is 5. The van der Waals surface area contributed by atoms with Gasteiger partial charge in [0.2, 0.25) is 11.8 Å². The van der Waals surface area contributed by atoms with Gasteiger partial charge in [0, 0.05) is 23.4 Å². The van der Waals surface area contributed by atoms with E-state index in [0.29, 0.717) is 17.4 Å². The quantitative estimate of drug-likeness (QED) is 0.231. The van der Waals surface area contributed by atoms with Gasteiger partial charge in [-0.05, 0) is 54.8 Å². The van der Waals surface area contributed by atoms with E-state index < -0.39 is 51.1 Å². The van der Waals surface area contributed by atoms with Crippen LogP contribution in [0.3, 0.4) is 0 Å². The molecule has 10 heteroatoms. The highest BCUT2D eigenvalue weighted by Gasteiger charge is 2.76. The van der Waals surface area contributed by atoms with Gasteiger partial charge in [-0.2, -0.15) is 0 Å². The third-order valence-corrected chi connectivity index (χ3v) is 11.1. The predicted octanol–water partition coefficient (Wildman–Crippen LogP) is 5.66. The van der Waals surface area contributed by atoms with Crippen LogP contribution in [0.25, 0.3) is 10.8 Å². The molecule has 1 saturated carbocycles. The zero-order chi connectivity index (χ0) is 30.4. The average molecular weight is 621 g/mol. The smallest absolute Gasteiger partial charge is 0.258 e.